The Bertz CT molecular complexity index is 481. The highest BCUT2D eigenvalue weighted by Crippen LogP contribution is 2.14. The van der Waals surface area contributed by atoms with Crippen LogP contribution in [0.25, 0.3) is 0 Å². The van der Waals surface area contributed by atoms with Crippen LogP contribution < -0.4 is 0 Å². The van der Waals surface area contributed by atoms with Gasteiger partial charge in [0.1, 0.15) is 5.75 Å². The minimum absolute atomic E-state index is 0.161. The van der Waals surface area contributed by atoms with Crippen LogP contribution in [0.4, 0.5) is 0 Å². The predicted octanol–water partition coefficient (Wildman–Crippen LogP) is 7.81. The second-order valence-electron chi connectivity index (χ2n) is 7.99. The van der Waals surface area contributed by atoms with Gasteiger partial charge in [0.2, 0.25) is 0 Å². The molecular formula is C25H42O3. The highest BCUT2D eigenvalue weighted by molar-refractivity contribution is 5.89. The first-order chi connectivity index (χ1) is 13.7. The van der Waals surface area contributed by atoms with E-state index in [9.17, 15) is 9.90 Å². The summed E-state index contributed by atoms with van der Waals surface area (Å²) in [7, 11) is 0. The fourth-order valence-corrected chi connectivity index (χ4v) is 3.50. The van der Waals surface area contributed by atoms with Crippen LogP contribution in [0.1, 0.15) is 120 Å². The zero-order valence-electron chi connectivity index (χ0n) is 18.1. The number of unbranched alkanes of at least 4 members (excludes halogenated alkanes) is 15. The standard InChI is InChI=1S/C25H42O3/c1-2-3-4-5-6-7-8-9-10-11-12-13-14-15-16-17-22-28-25(27)23-18-20-24(26)21-19-23/h18-21,26H,2-17,22H2,1H3. The molecule has 1 aromatic carbocycles. The third-order valence-electron chi connectivity index (χ3n) is 5.33. The predicted molar refractivity (Wildman–Crippen MR) is 118 cm³/mol. The highest BCUT2D eigenvalue weighted by atomic mass is 16.5. The molecule has 1 rings (SSSR count). The number of hydrogen-bond donors (Lipinski definition) is 1. The molecule has 0 bridgehead atoms. The van der Waals surface area contributed by atoms with Gasteiger partial charge in [-0.05, 0) is 30.7 Å². The Morgan fingerprint density at radius 1 is 0.679 bits per heavy atom. The molecule has 0 aromatic heterocycles. The molecule has 0 heterocycles. The summed E-state index contributed by atoms with van der Waals surface area (Å²) in [6.07, 6.45) is 21.4. The Labute approximate surface area is 172 Å². The molecule has 0 saturated heterocycles. The molecule has 1 N–H and O–H groups in total. The maximum absolute atomic E-state index is 11.8. The molecule has 0 atom stereocenters. The van der Waals surface area contributed by atoms with Gasteiger partial charge >= 0.3 is 5.97 Å². The van der Waals surface area contributed by atoms with E-state index in [2.05, 4.69) is 6.92 Å². The molecule has 3 heteroatoms. The molecule has 0 saturated carbocycles. The van der Waals surface area contributed by atoms with Crippen molar-refractivity contribution in [3.8, 4) is 5.75 Å². The van der Waals surface area contributed by atoms with Crippen molar-refractivity contribution in [3.05, 3.63) is 29.8 Å². The van der Waals surface area contributed by atoms with Crippen LogP contribution in [0.2, 0.25) is 0 Å². The number of ether oxygens (including phenoxy) is 1. The molecule has 0 aliphatic rings. The number of hydrogen-bond acceptors (Lipinski definition) is 3. The normalized spacial score (nSPS) is 10.9. The van der Waals surface area contributed by atoms with Gasteiger partial charge in [-0.3, -0.25) is 0 Å². The summed E-state index contributed by atoms with van der Waals surface area (Å²) < 4.78 is 5.27. The lowest BCUT2D eigenvalue weighted by Gasteiger charge is -2.05. The average Bonchev–Trinajstić information content (AvgIpc) is 2.70. The van der Waals surface area contributed by atoms with E-state index in [0.29, 0.717) is 12.2 Å². The maximum Gasteiger partial charge on any atom is 0.338 e. The molecule has 0 spiro atoms. The number of carbonyl (C=O) groups is 1. The average molecular weight is 391 g/mol. The summed E-state index contributed by atoms with van der Waals surface area (Å²) in [6.45, 7) is 2.76. The molecule has 0 unspecified atom stereocenters. The fourth-order valence-electron chi connectivity index (χ4n) is 3.50. The molecule has 160 valence electrons. The quantitative estimate of drug-likeness (QED) is 0.205. The Morgan fingerprint density at radius 3 is 1.50 bits per heavy atom. The van der Waals surface area contributed by atoms with Gasteiger partial charge in [0.05, 0.1) is 12.2 Å². The first-order valence-electron chi connectivity index (χ1n) is 11.7. The van der Waals surface area contributed by atoms with Crippen molar-refractivity contribution >= 4 is 5.97 Å². The van der Waals surface area contributed by atoms with Gasteiger partial charge < -0.3 is 9.84 Å². The molecular weight excluding hydrogens is 348 g/mol. The van der Waals surface area contributed by atoms with E-state index in [0.717, 1.165) is 12.8 Å². The van der Waals surface area contributed by atoms with E-state index < -0.39 is 0 Å². The number of aromatic hydroxyl groups is 1. The minimum atomic E-state index is -0.305. The van der Waals surface area contributed by atoms with Crippen molar-refractivity contribution in [1.82, 2.24) is 0 Å². The molecule has 0 aliphatic carbocycles. The van der Waals surface area contributed by atoms with Crippen LogP contribution in [0.15, 0.2) is 24.3 Å². The third kappa shape index (κ3) is 13.6. The van der Waals surface area contributed by atoms with E-state index in [1.54, 1.807) is 12.1 Å². The van der Waals surface area contributed by atoms with Crippen LogP contribution in [-0.4, -0.2) is 17.7 Å². The van der Waals surface area contributed by atoms with Crippen molar-refractivity contribution in [2.75, 3.05) is 6.61 Å². The molecule has 0 radical (unpaired) electrons. The number of phenolic OH excluding ortho intramolecular Hbond substituents is 1. The second-order valence-corrected chi connectivity index (χ2v) is 7.99. The van der Waals surface area contributed by atoms with Gasteiger partial charge in [-0.2, -0.15) is 0 Å². The Hall–Kier alpha value is -1.51. The lowest BCUT2D eigenvalue weighted by Crippen LogP contribution is -2.06. The van der Waals surface area contributed by atoms with E-state index in [1.165, 1.54) is 102 Å². The van der Waals surface area contributed by atoms with Gasteiger partial charge in [-0.15, -0.1) is 0 Å². The number of benzene rings is 1. The second kappa shape index (κ2) is 17.6. The largest absolute Gasteiger partial charge is 0.508 e. The monoisotopic (exact) mass is 390 g/mol. The smallest absolute Gasteiger partial charge is 0.338 e. The van der Waals surface area contributed by atoms with Crippen LogP contribution in [0.3, 0.4) is 0 Å². The van der Waals surface area contributed by atoms with E-state index in [1.807, 2.05) is 0 Å². The van der Waals surface area contributed by atoms with Crippen LogP contribution >= 0.6 is 0 Å². The lowest BCUT2D eigenvalue weighted by molar-refractivity contribution is 0.0497. The molecule has 28 heavy (non-hydrogen) atoms. The minimum Gasteiger partial charge on any atom is -0.508 e. The number of rotatable bonds is 18. The highest BCUT2D eigenvalue weighted by Gasteiger charge is 2.06. The zero-order chi connectivity index (χ0) is 20.3. The third-order valence-corrected chi connectivity index (χ3v) is 5.33. The van der Waals surface area contributed by atoms with Crippen LogP contribution in [0.5, 0.6) is 5.75 Å². The molecule has 0 aliphatic heterocycles. The molecule has 0 fully saturated rings. The Morgan fingerprint density at radius 2 is 1.07 bits per heavy atom. The summed E-state index contributed by atoms with van der Waals surface area (Å²) in [6, 6.07) is 6.19. The summed E-state index contributed by atoms with van der Waals surface area (Å²) in [5, 5.41) is 9.22. The SMILES string of the molecule is CCCCCCCCCCCCCCCCCCOC(=O)c1ccc(O)cc1. The lowest BCUT2D eigenvalue weighted by atomic mass is 10.0. The van der Waals surface area contributed by atoms with Crippen molar-refractivity contribution in [1.29, 1.82) is 0 Å². The molecule has 3 nitrogen and oxygen atoms in total. The number of esters is 1. The van der Waals surface area contributed by atoms with Crippen molar-refractivity contribution < 1.29 is 14.6 Å². The van der Waals surface area contributed by atoms with Gasteiger partial charge in [0, 0.05) is 0 Å². The summed E-state index contributed by atoms with van der Waals surface area (Å²) in [5.74, 6) is -0.143. The van der Waals surface area contributed by atoms with E-state index in [4.69, 9.17) is 4.74 Å². The fraction of sp³-hybridized carbons (Fsp3) is 0.720. The Kier molecular flexibility index (Phi) is 15.4. The van der Waals surface area contributed by atoms with Crippen LogP contribution in [0, 0.1) is 0 Å². The summed E-state index contributed by atoms with van der Waals surface area (Å²) >= 11 is 0. The molecule has 0 amide bonds. The molecule has 1 aromatic rings. The van der Waals surface area contributed by atoms with E-state index in [-0.39, 0.29) is 11.7 Å². The summed E-state index contributed by atoms with van der Waals surface area (Å²) in [4.78, 5) is 11.8. The Balaban J connectivity index is 1.78. The van der Waals surface area contributed by atoms with Crippen molar-refractivity contribution in [2.45, 2.75) is 110 Å². The number of carbonyl (C=O) groups excluding carboxylic acids is 1. The topological polar surface area (TPSA) is 46.5 Å². The van der Waals surface area contributed by atoms with Gasteiger partial charge in [-0.1, -0.05) is 103 Å². The van der Waals surface area contributed by atoms with Gasteiger partial charge in [0.25, 0.3) is 0 Å². The maximum atomic E-state index is 11.8. The van der Waals surface area contributed by atoms with Gasteiger partial charge in [-0.25, -0.2) is 4.79 Å². The first kappa shape index (κ1) is 24.5. The van der Waals surface area contributed by atoms with Gasteiger partial charge in [0.15, 0.2) is 0 Å². The van der Waals surface area contributed by atoms with Crippen molar-refractivity contribution in [2.24, 2.45) is 0 Å². The zero-order valence-corrected chi connectivity index (χ0v) is 18.1. The first-order valence-corrected chi connectivity index (χ1v) is 11.7. The summed E-state index contributed by atoms with van der Waals surface area (Å²) in [5.41, 5.74) is 0.495. The van der Waals surface area contributed by atoms with E-state index >= 15 is 0 Å². The number of phenols is 1. The van der Waals surface area contributed by atoms with Crippen molar-refractivity contribution in [3.63, 3.8) is 0 Å². The van der Waals surface area contributed by atoms with Crippen LogP contribution in [-0.2, 0) is 4.74 Å².